The zero-order chi connectivity index (χ0) is 11.0. The lowest BCUT2D eigenvalue weighted by Crippen LogP contribution is -2.34. The first-order chi connectivity index (χ1) is 7.84. The number of nitrogens with one attached hydrogen (secondary N) is 1. The number of pyridine rings is 1. The summed E-state index contributed by atoms with van der Waals surface area (Å²) in [7, 11) is 0. The second-order valence-electron chi connectivity index (χ2n) is 3.88. The van der Waals surface area contributed by atoms with Gasteiger partial charge in [-0.1, -0.05) is 0 Å². The average molecular weight is 219 g/mol. The number of nitrogens with zero attached hydrogens (tertiary/aromatic N) is 2. The molecule has 1 N–H and O–H groups in total. The van der Waals surface area contributed by atoms with E-state index in [1.54, 1.807) is 6.20 Å². The normalized spacial score (nSPS) is 26.7. The van der Waals surface area contributed by atoms with Gasteiger partial charge in [0.2, 0.25) is 5.88 Å². The number of rotatable bonds is 1. The minimum atomic E-state index is 0.0387. The first-order valence-corrected chi connectivity index (χ1v) is 5.40. The van der Waals surface area contributed by atoms with Crippen LogP contribution in [0.2, 0.25) is 0 Å². The molecular formula is C11H13N3O2. The van der Waals surface area contributed by atoms with E-state index < -0.39 is 0 Å². The maximum Gasteiger partial charge on any atom is 0.285 e. The molecule has 2 atom stereocenters. The fourth-order valence-electron chi connectivity index (χ4n) is 1.99. The third kappa shape index (κ3) is 1.48. The standard InChI is InChI=1S/C11H13N3O2/c1-7-9(14-11-13-5-6-15-11)8-3-2-4-12-10(8)16-7/h2-4,7,9H,5-6H2,1H3,(H,13,14). The van der Waals surface area contributed by atoms with Gasteiger partial charge in [-0.2, -0.15) is 0 Å². The average Bonchev–Trinajstić information content (AvgIpc) is 2.89. The van der Waals surface area contributed by atoms with Crippen LogP contribution >= 0.6 is 0 Å². The highest BCUT2D eigenvalue weighted by Crippen LogP contribution is 2.34. The molecule has 2 aliphatic heterocycles. The van der Waals surface area contributed by atoms with Crippen molar-refractivity contribution < 1.29 is 9.47 Å². The van der Waals surface area contributed by atoms with Gasteiger partial charge in [-0.05, 0) is 19.1 Å². The van der Waals surface area contributed by atoms with Gasteiger partial charge in [0.25, 0.3) is 6.02 Å². The van der Waals surface area contributed by atoms with E-state index in [0.717, 1.165) is 12.1 Å². The maximum absolute atomic E-state index is 5.65. The van der Waals surface area contributed by atoms with Gasteiger partial charge in [-0.3, -0.25) is 0 Å². The zero-order valence-corrected chi connectivity index (χ0v) is 9.01. The summed E-state index contributed by atoms with van der Waals surface area (Å²) in [4.78, 5) is 8.41. The SMILES string of the molecule is CC1Oc2ncccc2C1NC1=NCCO1. The summed E-state index contributed by atoms with van der Waals surface area (Å²) < 4.78 is 11.0. The Hall–Kier alpha value is -1.78. The molecule has 3 rings (SSSR count). The minimum Gasteiger partial charge on any atom is -0.472 e. The molecule has 0 saturated carbocycles. The molecule has 0 radical (unpaired) electrons. The van der Waals surface area contributed by atoms with Crippen molar-refractivity contribution in [3.8, 4) is 5.88 Å². The summed E-state index contributed by atoms with van der Waals surface area (Å²) in [5, 5.41) is 3.25. The number of amidine groups is 1. The van der Waals surface area contributed by atoms with Crippen LogP contribution in [0, 0.1) is 0 Å². The monoisotopic (exact) mass is 219 g/mol. The van der Waals surface area contributed by atoms with Gasteiger partial charge in [0.05, 0.1) is 12.6 Å². The molecule has 0 amide bonds. The highest BCUT2D eigenvalue weighted by atomic mass is 16.5. The van der Waals surface area contributed by atoms with Crippen LogP contribution in [-0.4, -0.2) is 30.3 Å². The summed E-state index contributed by atoms with van der Waals surface area (Å²) in [5.41, 5.74) is 1.06. The molecule has 3 heterocycles. The Morgan fingerprint density at radius 2 is 2.44 bits per heavy atom. The zero-order valence-electron chi connectivity index (χ0n) is 9.01. The van der Waals surface area contributed by atoms with Gasteiger partial charge < -0.3 is 14.8 Å². The molecular weight excluding hydrogens is 206 g/mol. The number of ether oxygens (including phenoxy) is 2. The molecule has 0 aromatic carbocycles. The highest BCUT2D eigenvalue weighted by molar-refractivity contribution is 5.75. The first-order valence-electron chi connectivity index (χ1n) is 5.40. The predicted molar refractivity (Wildman–Crippen MR) is 58.5 cm³/mol. The predicted octanol–water partition coefficient (Wildman–Crippen LogP) is 0.879. The lowest BCUT2D eigenvalue weighted by molar-refractivity contribution is 0.207. The van der Waals surface area contributed by atoms with E-state index in [1.165, 1.54) is 0 Å². The molecule has 2 aliphatic rings. The molecule has 84 valence electrons. The van der Waals surface area contributed by atoms with E-state index in [-0.39, 0.29) is 12.1 Å². The van der Waals surface area contributed by atoms with Crippen molar-refractivity contribution in [2.75, 3.05) is 13.2 Å². The summed E-state index contributed by atoms with van der Waals surface area (Å²) in [6, 6.07) is 4.60. The lowest BCUT2D eigenvalue weighted by atomic mass is 10.1. The van der Waals surface area contributed by atoms with Gasteiger partial charge in [-0.15, -0.1) is 0 Å². The molecule has 0 bridgehead atoms. The molecule has 16 heavy (non-hydrogen) atoms. The first kappa shape index (κ1) is 9.45. The number of aliphatic imine (C=N–C) groups is 1. The lowest BCUT2D eigenvalue weighted by Gasteiger charge is -2.16. The molecule has 0 fully saturated rings. The third-order valence-corrected chi connectivity index (χ3v) is 2.77. The topological polar surface area (TPSA) is 55.7 Å². The summed E-state index contributed by atoms with van der Waals surface area (Å²) >= 11 is 0. The van der Waals surface area contributed by atoms with Crippen LogP contribution in [0.3, 0.4) is 0 Å². The van der Waals surface area contributed by atoms with Crippen molar-refractivity contribution in [3.63, 3.8) is 0 Å². The Kier molecular flexibility index (Phi) is 2.16. The number of hydrogen-bond donors (Lipinski definition) is 1. The Morgan fingerprint density at radius 3 is 3.25 bits per heavy atom. The van der Waals surface area contributed by atoms with Gasteiger partial charge >= 0.3 is 0 Å². The minimum absolute atomic E-state index is 0.0387. The fraction of sp³-hybridized carbons (Fsp3) is 0.455. The Morgan fingerprint density at radius 1 is 1.50 bits per heavy atom. The second kappa shape index (κ2) is 3.66. The number of hydrogen-bond acceptors (Lipinski definition) is 5. The summed E-state index contributed by atoms with van der Waals surface area (Å²) in [6.07, 6.45) is 1.77. The van der Waals surface area contributed by atoms with E-state index in [1.807, 2.05) is 19.1 Å². The molecule has 0 aliphatic carbocycles. The van der Waals surface area contributed by atoms with Gasteiger partial charge in [-0.25, -0.2) is 9.98 Å². The van der Waals surface area contributed by atoms with Crippen LogP contribution < -0.4 is 10.1 Å². The molecule has 0 spiro atoms. The van der Waals surface area contributed by atoms with Crippen LogP contribution in [0.15, 0.2) is 23.3 Å². The Bertz CT molecular complexity index is 433. The van der Waals surface area contributed by atoms with Crippen LogP contribution in [0.5, 0.6) is 5.88 Å². The Labute approximate surface area is 93.5 Å². The molecule has 2 unspecified atom stereocenters. The van der Waals surface area contributed by atoms with Gasteiger partial charge in [0.1, 0.15) is 12.7 Å². The highest BCUT2D eigenvalue weighted by Gasteiger charge is 2.33. The van der Waals surface area contributed by atoms with Crippen molar-refractivity contribution >= 4 is 6.02 Å². The molecule has 1 aromatic heterocycles. The van der Waals surface area contributed by atoms with Crippen LogP contribution in [0.1, 0.15) is 18.5 Å². The smallest absolute Gasteiger partial charge is 0.285 e. The van der Waals surface area contributed by atoms with E-state index >= 15 is 0 Å². The van der Waals surface area contributed by atoms with Gasteiger partial charge in [0, 0.05) is 11.8 Å². The van der Waals surface area contributed by atoms with Crippen molar-refractivity contribution in [1.29, 1.82) is 0 Å². The summed E-state index contributed by atoms with van der Waals surface area (Å²) in [5.74, 6) is 0.700. The van der Waals surface area contributed by atoms with E-state index in [2.05, 4.69) is 15.3 Å². The Balaban J connectivity index is 1.84. The van der Waals surface area contributed by atoms with Crippen molar-refractivity contribution in [2.45, 2.75) is 19.1 Å². The summed E-state index contributed by atoms with van der Waals surface area (Å²) in [6.45, 7) is 3.39. The van der Waals surface area contributed by atoms with E-state index in [0.29, 0.717) is 18.5 Å². The van der Waals surface area contributed by atoms with Gasteiger partial charge in [0.15, 0.2) is 0 Å². The number of fused-ring (bicyclic) bond motifs is 1. The van der Waals surface area contributed by atoms with Crippen molar-refractivity contribution in [1.82, 2.24) is 10.3 Å². The van der Waals surface area contributed by atoms with Crippen LogP contribution in [0.25, 0.3) is 0 Å². The van der Waals surface area contributed by atoms with E-state index in [9.17, 15) is 0 Å². The quantitative estimate of drug-likeness (QED) is 0.761. The van der Waals surface area contributed by atoms with Crippen LogP contribution in [-0.2, 0) is 4.74 Å². The largest absolute Gasteiger partial charge is 0.472 e. The number of aromatic nitrogens is 1. The maximum atomic E-state index is 5.65. The molecule has 0 saturated heterocycles. The molecule has 5 nitrogen and oxygen atoms in total. The molecule has 1 aromatic rings. The third-order valence-electron chi connectivity index (χ3n) is 2.77. The van der Waals surface area contributed by atoms with E-state index in [4.69, 9.17) is 9.47 Å². The second-order valence-corrected chi connectivity index (χ2v) is 3.88. The van der Waals surface area contributed by atoms with Crippen molar-refractivity contribution in [3.05, 3.63) is 23.9 Å². The van der Waals surface area contributed by atoms with Crippen molar-refractivity contribution in [2.24, 2.45) is 4.99 Å². The fourth-order valence-corrected chi connectivity index (χ4v) is 1.99. The molecule has 5 heteroatoms. The van der Waals surface area contributed by atoms with Crippen LogP contribution in [0.4, 0.5) is 0 Å².